The number of sulfone groups is 1. The lowest BCUT2D eigenvalue weighted by Gasteiger charge is -2.27. The van der Waals surface area contributed by atoms with Gasteiger partial charge in [0.15, 0.2) is 15.6 Å². The molecule has 0 N–H and O–H groups in total. The van der Waals surface area contributed by atoms with E-state index in [9.17, 15) is 13.2 Å². The molecule has 4 heteroatoms. The Labute approximate surface area is 66.7 Å². The summed E-state index contributed by atoms with van der Waals surface area (Å²) < 4.78 is 21.9. The lowest BCUT2D eigenvalue weighted by Crippen LogP contribution is -2.38. The first-order chi connectivity index (χ1) is 4.83. The Morgan fingerprint density at radius 1 is 1.36 bits per heavy atom. The zero-order valence-electron chi connectivity index (χ0n) is 6.75. The second kappa shape index (κ2) is 2.30. The summed E-state index contributed by atoms with van der Waals surface area (Å²) in [6.45, 7) is 3.59. The van der Waals surface area contributed by atoms with Gasteiger partial charge in [0.2, 0.25) is 0 Å². The van der Waals surface area contributed by atoms with Gasteiger partial charge in [0.05, 0.1) is 5.75 Å². The van der Waals surface area contributed by atoms with Gasteiger partial charge < -0.3 is 0 Å². The molecule has 11 heavy (non-hydrogen) atoms. The van der Waals surface area contributed by atoms with E-state index in [2.05, 4.69) is 0 Å². The summed E-state index contributed by atoms with van der Waals surface area (Å²) >= 11 is 0. The SMILES string of the molecule is CC1(C)CCS(=O)(=O)CC1=O. The van der Waals surface area contributed by atoms with E-state index in [1.807, 2.05) is 0 Å². The van der Waals surface area contributed by atoms with Crippen LogP contribution in [-0.2, 0) is 14.6 Å². The molecule has 0 unspecified atom stereocenters. The van der Waals surface area contributed by atoms with E-state index in [1.54, 1.807) is 13.8 Å². The molecule has 0 spiro atoms. The van der Waals surface area contributed by atoms with Crippen LogP contribution in [0.15, 0.2) is 0 Å². The molecule has 1 saturated heterocycles. The summed E-state index contributed by atoms with van der Waals surface area (Å²) in [5.74, 6) is -0.255. The maximum absolute atomic E-state index is 11.2. The van der Waals surface area contributed by atoms with Gasteiger partial charge in [0.25, 0.3) is 0 Å². The molecule has 3 nitrogen and oxygen atoms in total. The van der Waals surface area contributed by atoms with E-state index in [1.165, 1.54) is 0 Å². The third-order valence-electron chi connectivity index (χ3n) is 2.14. The predicted octanol–water partition coefficient (Wildman–Crippen LogP) is 0.400. The second-order valence-corrected chi connectivity index (χ2v) is 5.83. The summed E-state index contributed by atoms with van der Waals surface area (Å²) in [6.07, 6.45) is 0.466. The first-order valence-electron chi connectivity index (χ1n) is 3.57. The van der Waals surface area contributed by atoms with Crippen molar-refractivity contribution in [3.8, 4) is 0 Å². The number of rotatable bonds is 0. The highest BCUT2D eigenvalue weighted by Gasteiger charge is 2.36. The summed E-state index contributed by atoms with van der Waals surface area (Å²) in [6, 6.07) is 0. The molecule has 64 valence electrons. The molecule has 1 heterocycles. The predicted molar refractivity (Wildman–Crippen MR) is 42.1 cm³/mol. The summed E-state index contributed by atoms with van der Waals surface area (Å²) in [5, 5.41) is 0. The third-order valence-corrected chi connectivity index (χ3v) is 3.67. The Balaban J connectivity index is 2.87. The molecule has 0 atom stereocenters. The Morgan fingerprint density at radius 2 is 1.91 bits per heavy atom. The molecule has 1 aliphatic rings. The van der Waals surface area contributed by atoms with Gasteiger partial charge in [-0.2, -0.15) is 0 Å². The lowest BCUT2D eigenvalue weighted by molar-refractivity contribution is -0.124. The zero-order valence-corrected chi connectivity index (χ0v) is 7.57. The Hall–Kier alpha value is -0.380. The van der Waals surface area contributed by atoms with Crippen molar-refractivity contribution in [1.29, 1.82) is 0 Å². The van der Waals surface area contributed by atoms with Crippen molar-refractivity contribution in [1.82, 2.24) is 0 Å². The molecule has 0 aliphatic carbocycles. The van der Waals surface area contributed by atoms with Crippen molar-refractivity contribution in [3.05, 3.63) is 0 Å². The van der Waals surface area contributed by atoms with Crippen LogP contribution in [-0.4, -0.2) is 25.7 Å². The van der Waals surface area contributed by atoms with E-state index < -0.39 is 15.3 Å². The maximum atomic E-state index is 11.2. The minimum absolute atomic E-state index is 0.149. The molecular formula is C7H12O3S. The number of carbonyl (C=O) groups is 1. The van der Waals surface area contributed by atoms with E-state index in [-0.39, 0.29) is 17.3 Å². The van der Waals surface area contributed by atoms with Crippen molar-refractivity contribution in [3.63, 3.8) is 0 Å². The standard InChI is InChI=1S/C7H12O3S/c1-7(2)3-4-11(9,10)5-6(7)8/h3-5H2,1-2H3. The minimum atomic E-state index is -3.05. The van der Waals surface area contributed by atoms with Gasteiger partial charge in [-0.15, -0.1) is 0 Å². The zero-order chi connectivity index (χ0) is 8.70. The van der Waals surface area contributed by atoms with Crippen LogP contribution in [0, 0.1) is 5.41 Å². The van der Waals surface area contributed by atoms with Crippen LogP contribution in [0.3, 0.4) is 0 Å². The molecule has 0 aromatic heterocycles. The van der Waals surface area contributed by atoms with Gasteiger partial charge in [0.1, 0.15) is 5.75 Å². The molecule has 0 radical (unpaired) electrons. The molecule has 0 aromatic carbocycles. The first kappa shape index (κ1) is 8.71. The fraction of sp³-hybridized carbons (Fsp3) is 0.857. The van der Waals surface area contributed by atoms with Crippen molar-refractivity contribution >= 4 is 15.6 Å². The van der Waals surface area contributed by atoms with Gasteiger partial charge in [-0.3, -0.25) is 4.79 Å². The quantitative estimate of drug-likeness (QED) is 0.537. The van der Waals surface area contributed by atoms with Crippen LogP contribution in [0.25, 0.3) is 0 Å². The highest BCUT2D eigenvalue weighted by atomic mass is 32.2. The summed E-state index contributed by atoms with van der Waals surface area (Å²) in [5.41, 5.74) is -0.425. The number of hydrogen-bond acceptors (Lipinski definition) is 3. The number of ketones is 1. The van der Waals surface area contributed by atoms with Crippen LogP contribution in [0.5, 0.6) is 0 Å². The lowest BCUT2D eigenvalue weighted by atomic mass is 9.86. The topological polar surface area (TPSA) is 51.2 Å². The van der Waals surface area contributed by atoms with E-state index >= 15 is 0 Å². The van der Waals surface area contributed by atoms with Crippen LogP contribution < -0.4 is 0 Å². The van der Waals surface area contributed by atoms with Crippen LogP contribution in [0.2, 0.25) is 0 Å². The summed E-state index contributed by atoms with van der Waals surface area (Å²) in [7, 11) is -3.05. The third kappa shape index (κ3) is 1.80. The van der Waals surface area contributed by atoms with Gasteiger partial charge >= 0.3 is 0 Å². The first-order valence-corrected chi connectivity index (χ1v) is 5.39. The van der Waals surface area contributed by atoms with Crippen LogP contribution in [0.1, 0.15) is 20.3 Å². The smallest absolute Gasteiger partial charge is 0.157 e. The van der Waals surface area contributed by atoms with Gasteiger partial charge in [0, 0.05) is 5.41 Å². The van der Waals surface area contributed by atoms with Crippen molar-refractivity contribution < 1.29 is 13.2 Å². The minimum Gasteiger partial charge on any atom is -0.298 e. The van der Waals surface area contributed by atoms with Crippen molar-refractivity contribution in [2.75, 3.05) is 11.5 Å². The fourth-order valence-corrected chi connectivity index (χ4v) is 2.77. The second-order valence-electron chi connectivity index (χ2n) is 3.65. The Kier molecular flexibility index (Phi) is 1.82. The highest BCUT2D eigenvalue weighted by molar-refractivity contribution is 7.92. The van der Waals surface area contributed by atoms with Crippen LogP contribution >= 0.6 is 0 Å². The normalized spacial score (nSPS) is 28.4. The largest absolute Gasteiger partial charge is 0.298 e. The molecule has 1 aliphatic heterocycles. The molecule has 0 aromatic rings. The Morgan fingerprint density at radius 3 is 2.27 bits per heavy atom. The van der Waals surface area contributed by atoms with E-state index in [0.717, 1.165) is 0 Å². The maximum Gasteiger partial charge on any atom is 0.157 e. The fourth-order valence-electron chi connectivity index (χ4n) is 1.02. The number of carbonyl (C=O) groups excluding carboxylic acids is 1. The number of hydrogen-bond donors (Lipinski definition) is 0. The highest BCUT2D eigenvalue weighted by Crippen LogP contribution is 2.27. The van der Waals surface area contributed by atoms with Crippen LogP contribution in [0.4, 0.5) is 0 Å². The monoisotopic (exact) mass is 176 g/mol. The average molecular weight is 176 g/mol. The van der Waals surface area contributed by atoms with Crippen molar-refractivity contribution in [2.45, 2.75) is 20.3 Å². The molecular weight excluding hydrogens is 164 g/mol. The molecule has 1 rings (SSSR count). The van der Waals surface area contributed by atoms with Crippen molar-refractivity contribution in [2.24, 2.45) is 5.41 Å². The van der Waals surface area contributed by atoms with Gasteiger partial charge in [-0.25, -0.2) is 8.42 Å². The molecule has 1 fully saturated rings. The van der Waals surface area contributed by atoms with Gasteiger partial charge in [-0.05, 0) is 6.42 Å². The van der Waals surface area contributed by atoms with E-state index in [0.29, 0.717) is 6.42 Å². The van der Waals surface area contributed by atoms with E-state index in [4.69, 9.17) is 0 Å². The Bertz CT molecular complexity index is 274. The number of Topliss-reactive ketones (excluding diaryl/α,β-unsaturated/α-hetero) is 1. The average Bonchev–Trinajstić information content (AvgIpc) is 1.81. The molecule has 0 amide bonds. The summed E-state index contributed by atoms with van der Waals surface area (Å²) in [4.78, 5) is 11.2. The molecule has 0 saturated carbocycles. The molecule has 0 bridgehead atoms. The van der Waals surface area contributed by atoms with Gasteiger partial charge in [-0.1, -0.05) is 13.8 Å².